The zero-order chi connectivity index (χ0) is 39.4. The molecule has 0 radical (unpaired) electrons. The molecule has 4 aliphatic rings. The number of rotatable bonds is 8. The number of nitrogens with one attached hydrogen (secondary N) is 1. The Balaban J connectivity index is 1.15. The Bertz CT molecular complexity index is 2490. The van der Waals surface area contributed by atoms with Crippen LogP contribution in [0.25, 0.3) is 6.08 Å². The van der Waals surface area contributed by atoms with E-state index in [1.807, 2.05) is 91.0 Å². The number of carbonyl (C=O) groups is 4. The second-order valence-corrected chi connectivity index (χ2v) is 15.4. The van der Waals surface area contributed by atoms with Crippen molar-refractivity contribution in [2.75, 3.05) is 22.2 Å². The number of amides is 4. The van der Waals surface area contributed by atoms with E-state index in [1.165, 1.54) is 23.0 Å². The van der Waals surface area contributed by atoms with Gasteiger partial charge in [-0.3, -0.25) is 24.1 Å². The third-order valence-electron chi connectivity index (χ3n) is 12.1. The van der Waals surface area contributed by atoms with E-state index in [2.05, 4.69) is 5.32 Å². The molecule has 284 valence electrons. The predicted octanol–water partition coefficient (Wildman–Crippen LogP) is 8.71. The first-order chi connectivity index (χ1) is 27.7. The fraction of sp³-hybridized carbons (Fsp3) is 0.191. The number of phenolic OH excluding ortho intramolecular Hbond substituents is 1. The van der Waals surface area contributed by atoms with Crippen molar-refractivity contribution in [1.29, 1.82) is 0 Å². The van der Waals surface area contributed by atoms with Crippen molar-refractivity contribution in [2.24, 2.45) is 29.6 Å². The summed E-state index contributed by atoms with van der Waals surface area (Å²) < 4.78 is 5.39. The monoisotopic (exact) mass is 775 g/mol. The van der Waals surface area contributed by atoms with Gasteiger partial charge in [0.1, 0.15) is 0 Å². The van der Waals surface area contributed by atoms with Crippen molar-refractivity contribution in [2.45, 2.75) is 18.3 Å². The van der Waals surface area contributed by atoms with Gasteiger partial charge < -0.3 is 15.2 Å². The first-order valence-corrected chi connectivity index (χ1v) is 19.3. The Morgan fingerprint density at radius 2 is 1.47 bits per heavy atom. The molecule has 0 aromatic heterocycles. The fourth-order valence-corrected chi connectivity index (χ4v) is 9.82. The van der Waals surface area contributed by atoms with E-state index in [4.69, 9.17) is 16.3 Å². The minimum Gasteiger partial charge on any atom is -0.504 e. The number of para-hydroxylation sites is 1. The Morgan fingerprint density at radius 3 is 2.19 bits per heavy atom. The van der Waals surface area contributed by atoms with Crippen molar-refractivity contribution in [1.82, 2.24) is 0 Å². The lowest BCUT2D eigenvalue weighted by Gasteiger charge is -2.49. The molecule has 9 nitrogen and oxygen atoms in total. The normalized spacial score (nSPS) is 25.3. The third-order valence-corrected chi connectivity index (χ3v) is 12.3. The molecule has 9 rings (SSSR count). The van der Waals surface area contributed by atoms with Crippen LogP contribution in [0.2, 0.25) is 5.02 Å². The number of nitrogens with zero attached hydrogens (tertiary/aromatic N) is 2. The molecule has 5 aromatic rings. The molecule has 57 heavy (non-hydrogen) atoms. The molecule has 2 heterocycles. The van der Waals surface area contributed by atoms with Gasteiger partial charge in [0.25, 0.3) is 0 Å². The number of phenols is 1. The molecule has 0 spiro atoms. The molecule has 5 aromatic carbocycles. The smallest absolute Gasteiger partial charge is 0.246 e. The predicted molar refractivity (Wildman–Crippen MR) is 219 cm³/mol. The quantitative estimate of drug-likeness (QED) is 0.120. The van der Waals surface area contributed by atoms with E-state index in [1.54, 1.807) is 48.5 Å². The van der Waals surface area contributed by atoms with Gasteiger partial charge in [0, 0.05) is 22.3 Å². The number of hydrogen-bond donors (Lipinski definition) is 2. The lowest BCUT2D eigenvalue weighted by Crippen LogP contribution is -2.54. The standard InChI is InChI=1S/C47H38ClN3O6/c1-57-41-25-28(16-24-40(41)52)15-23-38-35-21-22-36-42(45(55)50(43(36)53)33-19-17-32(18-20-33)49-31-12-6-3-7-13-31)37(35)27-39-44(54)51(34-14-8-11-30(48)26-34)46(56)47(38,39)29-9-4-2-5-10-29/h2-21,23-26,36-39,42,49,52H,22,27H2,1H3/t36-,37+,38-,39-,42-,47-/m0/s1. The van der Waals surface area contributed by atoms with Crippen LogP contribution in [0.15, 0.2) is 145 Å². The molecular weight excluding hydrogens is 738 g/mol. The van der Waals surface area contributed by atoms with Crippen molar-refractivity contribution in [3.8, 4) is 11.5 Å². The summed E-state index contributed by atoms with van der Waals surface area (Å²) in [6.07, 6.45) is 6.32. The van der Waals surface area contributed by atoms with E-state index in [0.717, 1.165) is 16.9 Å². The number of halogens is 1. The van der Waals surface area contributed by atoms with E-state index >= 15 is 4.79 Å². The molecular formula is C47H38ClN3O6. The largest absolute Gasteiger partial charge is 0.504 e. The highest BCUT2D eigenvalue weighted by Gasteiger charge is 2.69. The average Bonchev–Trinajstić information content (AvgIpc) is 3.62. The SMILES string of the molecule is COc1cc(C=C[C@H]2C3=CC[C@@H]4C(=O)N(c5ccc(Nc6ccccc6)cc5)C(=O)[C@@H]4[C@@H]3C[C@H]3C(=O)N(c4cccc(Cl)c4)C(=O)[C@@]23c2ccccc2)ccc1O. The van der Waals surface area contributed by atoms with E-state index < -0.39 is 35.0 Å². The van der Waals surface area contributed by atoms with Gasteiger partial charge in [-0.1, -0.05) is 96.1 Å². The molecule has 2 saturated heterocycles. The summed E-state index contributed by atoms with van der Waals surface area (Å²) >= 11 is 6.43. The summed E-state index contributed by atoms with van der Waals surface area (Å²) in [5, 5.41) is 14.1. The van der Waals surface area contributed by atoms with Crippen molar-refractivity contribution in [3.63, 3.8) is 0 Å². The van der Waals surface area contributed by atoms with Gasteiger partial charge in [0.2, 0.25) is 23.6 Å². The lowest BCUT2D eigenvalue weighted by atomic mass is 9.50. The maximum Gasteiger partial charge on any atom is 0.246 e. The second-order valence-electron chi connectivity index (χ2n) is 15.0. The van der Waals surface area contributed by atoms with Gasteiger partial charge in [-0.05, 0) is 96.6 Å². The second kappa shape index (κ2) is 14.2. The highest BCUT2D eigenvalue weighted by Crippen LogP contribution is 2.62. The summed E-state index contributed by atoms with van der Waals surface area (Å²) in [6, 6.07) is 38.0. The molecule has 10 heteroatoms. The van der Waals surface area contributed by atoms with E-state index in [-0.39, 0.29) is 41.5 Å². The zero-order valence-corrected chi connectivity index (χ0v) is 31.7. The van der Waals surface area contributed by atoms with E-state index in [0.29, 0.717) is 33.9 Å². The zero-order valence-electron chi connectivity index (χ0n) is 30.9. The van der Waals surface area contributed by atoms with Crippen LogP contribution < -0.4 is 19.9 Å². The van der Waals surface area contributed by atoms with Gasteiger partial charge in [0.05, 0.1) is 41.7 Å². The summed E-state index contributed by atoms with van der Waals surface area (Å²) in [7, 11) is 1.47. The number of methoxy groups -OCH3 is 1. The number of aromatic hydroxyl groups is 1. The van der Waals surface area contributed by atoms with Crippen LogP contribution in [-0.4, -0.2) is 35.8 Å². The highest BCUT2D eigenvalue weighted by molar-refractivity contribution is 6.32. The minimum absolute atomic E-state index is 0.0148. The lowest BCUT2D eigenvalue weighted by molar-refractivity contribution is -0.128. The first-order valence-electron chi connectivity index (χ1n) is 18.9. The van der Waals surface area contributed by atoms with Crippen molar-refractivity contribution >= 4 is 64.1 Å². The number of hydrogen-bond acceptors (Lipinski definition) is 7. The van der Waals surface area contributed by atoms with Crippen LogP contribution in [-0.2, 0) is 24.6 Å². The van der Waals surface area contributed by atoms with Crippen molar-refractivity contribution < 1.29 is 29.0 Å². The molecule has 6 atom stereocenters. The van der Waals surface area contributed by atoms with E-state index in [9.17, 15) is 19.5 Å². The average molecular weight is 776 g/mol. The molecule has 4 amide bonds. The van der Waals surface area contributed by atoms with Gasteiger partial charge in [-0.15, -0.1) is 0 Å². The number of ether oxygens (including phenoxy) is 1. The number of anilines is 4. The number of imide groups is 2. The van der Waals surface area contributed by atoms with Gasteiger partial charge in [0.15, 0.2) is 11.5 Å². The number of benzene rings is 5. The van der Waals surface area contributed by atoms with Crippen LogP contribution in [0.4, 0.5) is 22.7 Å². The molecule has 0 unspecified atom stereocenters. The summed E-state index contributed by atoms with van der Waals surface area (Å²) in [5.74, 6) is -4.52. The number of carbonyl (C=O) groups excluding carboxylic acids is 4. The van der Waals surface area contributed by atoms with Crippen molar-refractivity contribution in [3.05, 3.63) is 161 Å². The number of allylic oxidation sites excluding steroid dienone is 3. The van der Waals surface area contributed by atoms with Gasteiger partial charge in [-0.25, -0.2) is 4.90 Å². The molecule has 1 saturated carbocycles. The topological polar surface area (TPSA) is 116 Å². The highest BCUT2D eigenvalue weighted by atomic mass is 35.5. The summed E-state index contributed by atoms with van der Waals surface area (Å²) in [5.41, 5.74) is 3.40. The van der Waals surface area contributed by atoms with Crippen LogP contribution >= 0.6 is 11.6 Å². The first kappa shape index (κ1) is 36.2. The van der Waals surface area contributed by atoms with Crippen LogP contribution in [0.1, 0.15) is 24.0 Å². The van der Waals surface area contributed by atoms with Gasteiger partial charge >= 0.3 is 0 Å². The summed E-state index contributed by atoms with van der Waals surface area (Å²) in [4.78, 5) is 61.8. The van der Waals surface area contributed by atoms with Gasteiger partial charge in [-0.2, -0.15) is 0 Å². The number of fused-ring (bicyclic) bond motifs is 4. The molecule has 2 aliphatic heterocycles. The Hall–Kier alpha value is -6.45. The van der Waals surface area contributed by atoms with Crippen LogP contribution in [0.5, 0.6) is 11.5 Å². The molecule has 0 bridgehead atoms. The Labute approximate surface area is 334 Å². The van der Waals surface area contributed by atoms with Crippen LogP contribution in [0, 0.1) is 29.6 Å². The molecule has 2 N–H and O–H groups in total. The van der Waals surface area contributed by atoms with Crippen LogP contribution in [0.3, 0.4) is 0 Å². The maximum absolute atomic E-state index is 15.4. The molecule has 3 fully saturated rings. The Morgan fingerprint density at radius 1 is 0.754 bits per heavy atom. The third kappa shape index (κ3) is 5.84. The molecule has 2 aliphatic carbocycles. The minimum atomic E-state index is -1.39. The fourth-order valence-electron chi connectivity index (χ4n) is 9.63. The Kier molecular flexibility index (Phi) is 9.05. The maximum atomic E-state index is 15.4. The summed E-state index contributed by atoms with van der Waals surface area (Å²) in [6.45, 7) is 0.